The number of ether oxygens (including phenoxy) is 1. The number of alkyl halides is 3. The van der Waals surface area contributed by atoms with Crippen molar-refractivity contribution in [2.24, 2.45) is 0 Å². The molecule has 3 aromatic rings. The minimum Gasteiger partial charge on any atom is -0.454 e. The van der Waals surface area contributed by atoms with Gasteiger partial charge in [0.25, 0.3) is 0 Å². The molecule has 2 aromatic carbocycles. The number of hydrogen-bond acceptors (Lipinski definition) is 3. The first-order chi connectivity index (χ1) is 13.6. The van der Waals surface area contributed by atoms with Crippen molar-refractivity contribution >= 4 is 46.4 Å². The Hall–Kier alpha value is -1.70. The van der Waals surface area contributed by atoms with E-state index in [1.165, 1.54) is 36.4 Å². The fraction of sp³-hybridized carbons (Fsp3) is 0.105. The molecule has 1 aromatic heterocycles. The Balaban J connectivity index is 2.10. The predicted octanol–water partition coefficient (Wildman–Crippen LogP) is 7.59. The van der Waals surface area contributed by atoms with Crippen molar-refractivity contribution in [2.45, 2.75) is 12.3 Å². The third kappa shape index (κ3) is 5.08. The highest BCUT2D eigenvalue weighted by molar-refractivity contribution is 6.35. The molecule has 0 bridgehead atoms. The van der Waals surface area contributed by atoms with Crippen LogP contribution in [0.15, 0.2) is 48.7 Å². The molecule has 3 rings (SSSR count). The number of pyridine rings is 1. The topological polar surface area (TPSA) is 42.4 Å². The van der Waals surface area contributed by atoms with Crippen LogP contribution in [-0.2, 0) is 6.18 Å². The summed E-state index contributed by atoms with van der Waals surface area (Å²) in [6, 6.07) is 9.24. The summed E-state index contributed by atoms with van der Waals surface area (Å²) in [7, 11) is 0. The van der Waals surface area contributed by atoms with E-state index in [2.05, 4.69) is 4.98 Å². The SMILES string of the molecule is O[C@@H](c1ccc(Cl)cc1Cl)c1ncc(C(F)(F)F)cc1Oc1ccc(Cl)cc1Cl. The van der Waals surface area contributed by atoms with Crippen LogP contribution in [0.4, 0.5) is 13.2 Å². The standard InChI is InChI=1S/C19H10Cl4F3NO2/c20-10-1-3-12(13(22)6-10)18(28)17-16(5-9(8-27-17)19(24,25)26)29-15-4-2-11(21)7-14(15)23/h1-8,18,28H/t18-/m0/s1. The Bertz CT molecular complexity index is 1060. The van der Waals surface area contributed by atoms with Gasteiger partial charge in [0.1, 0.15) is 17.5 Å². The first-order valence-electron chi connectivity index (χ1n) is 7.89. The molecule has 0 aliphatic carbocycles. The summed E-state index contributed by atoms with van der Waals surface area (Å²) in [5.41, 5.74) is -1.06. The molecule has 1 N–H and O–H groups in total. The Morgan fingerprint density at radius 1 is 0.862 bits per heavy atom. The summed E-state index contributed by atoms with van der Waals surface area (Å²) in [4.78, 5) is 3.77. The summed E-state index contributed by atoms with van der Waals surface area (Å²) in [5, 5.41) is 11.6. The fourth-order valence-corrected chi connectivity index (χ4v) is 3.40. The van der Waals surface area contributed by atoms with Crippen LogP contribution in [0.3, 0.4) is 0 Å². The lowest BCUT2D eigenvalue weighted by Crippen LogP contribution is -2.10. The van der Waals surface area contributed by atoms with Gasteiger partial charge in [0.15, 0.2) is 5.75 Å². The molecular weight excluding hydrogens is 473 g/mol. The molecule has 0 saturated heterocycles. The lowest BCUT2D eigenvalue weighted by Gasteiger charge is -2.18. The van der Waals surface area contributed by atoms with Gasteiger partial charge in [0.2, 0.25) is 0 Å². The van der Waals surface area contributed by atoms with Crippen molar-refractivity contribution in [1.82, 2.24) is 4.98 Å². The van der Waals surface area contributed by atoms with Gasteiger partial charge in [-0.05, 0) is 36.4 Å². The van der Waals surface area contributed by atoms with Crippen LogP contribution in [0.1, 0.15) is 22.9 Å². The molecule has 10 heteroatoms. The van der Waals surface area contributed by atoms with E-state index >= 15 is 0 Å². The van der Waals surface area contributed by atoms with Gasteiger partial charge in [-0.1, -0.05) is 52.5 Å². The van der Waals surface area contributed by atoms with E-state index in [1.54, 1.807) is 0 Å². The number of halogens is 7. The highest BCUT2D eigenvalue weighted by Crippen LogP contribution is 2.40. The van der Waals surface area contributed by atoms with Gasteiger partial charge in [-0.25, -0.2) is 0 Å². The second-order valence-corrected chi connectivity index (χ2v) is 7.54. The van der Waals surface area contributed by atoms with E-state index in [-0.39, 0.29) is 32.8 Å². The molecule has 0 aliphatic rings. The Morgan fingerprint density at radius 2 is 1.48 bits per heavy atom. The Morgan fingerprint density at radius 3 is 2.07 bits per heavy atom. The largest absolute Gasteiger partial charge is 0.454 e. The van der Waals surface area contributed by atoms with Crippen LogP contribution >= 0.6 is 46.4 Å². The summed E-state index contributed by atoms with van der Waals surface area (Å²) in [6.07, 6.45) is -5.56. The molecule has 29 heavy (non-hydrogen) atoms. The number of nitrogens with zero attached hydrogens (tertiary/aromatic N) is 1. The van der Waals surface area contributed by atoms with Crippen LogP contribution in [-0.4, -0.2) is 10.1 Å². The van der Waals surface area contributed by atoms with Gasteiger partial charge in [-0.2, -0.15) is 13.2 Å². The van der Waals surface area contributed by atoms with Gasteiger partial charge < -0.3 is 9.84 Å². The molecule has 0 aliphatic heterocycles. The molecule has 152 valence electrons. The molecule has 3 nitrogen and oxygen atoms in total. The van der Waals surface area contributed by atoms with Crippen LogP contribution < -0.4 is 4.74 Å². The summed E-state index contributed by atoms with van der Waals surface area (Å²) in [6.45, 7) is 0. The van der Waals surface area contributed by atoms with Gasteiger partial charge in [0.05, 0.1) is 10.6 Å². The lowest BCUT2D eigenvalue weighted by atomic mass is 10.0. The maximum absolute atomic E-state index is 13.2. The fourth-order valence-electron chi connectivity index (χ4n) is 2.44. The van der Waals surface area contributed by atoms with Crippen LogP contribution in [0.2, 0.25) is 20.1 Å². The summed E-state index contributed by atoms with van der Waals surface area (Å²) >= 11 is 23.8. The van der Waals surface area contributed by atoms with E-state index < -0.39 is 17.8 Å². The van der Waals surface area contributed by atoms with Crippen LogP contribution in [0.25, 0.3) is 0 Å². The maximum Gasteiger partial charge on any atom is 0.418 e. The molecule has 0 fully saturated rings. The van der Waals surface area contributed by atoms with Gasteiger partial charge in [-0.15, -0.1) is 0 Å². The molecule has 0 amide bonds. The Kier molecular flexibility index (Phi) is 6.51. The quantitative estimate of drug-likeness (QED) is 0.416. The van der Waals surface area contributed by atoms with Crippen molar-refractivity contribution in [2.75, 3.05) is 0 Å². The van der Waals surface area contributed by atoms with Gasteiger partial charge >= 0.3 is 6.18 Å². The number of aliphatic hydroxyl groups is 1. The summed E-state index contributed by atoms with van der Waals surface area (Å²) in [5.74, 6) is -0.310. The zero-order valence-electron chi connectivity index (χ0n) is 14.1. The van der Waals surface area contributed by atoms with Gasteiger partial charge in [-0.3, -0.25) is 4.98 Å². The third-order valence-corrected chi connectivity index (χ3v) is 4.93. The maximum atomic E-state index is 13.2. The smallest absolute Gasteiger partial charge is 0.418 e. The summed E-state index contributed by atoms with van der Waals surface area (Å²) < 4.78 is 45.1. The number of aliphatic hydroxyl groups excluding tert-OH is 1. The first-order valence-corrected chi connectivity index (χ1v) is 9.40. The van der Waals surface area contributed by atoms with E-state index in [1.807, 2.05) is 0 Å². The average Bonchev–Trinajstić information content (AvgIpc) is 2.63. The van der Waals surface area contributed by atoms with Crippen LogP contribution in [0, 0.1) is 0 Å². The van der Waals surface area contributed by atoms with Crippen molar-refractivity contribution in [3.8, 4) is 11.5 Å². The van der Waals surface area contributed by atoms with Crippen molar-refractivity contribution in [3.05, 3.63) is 85.6 Å². The van der Waals surface area contributed by atoms with Crippen molar-refractivity contribution in [3.63, 3.8) is 0 Å². The van der Waals surface area contributed by atoms with Crippen molar-refractivity contribution < 1.29 is 23.0 Å². The number of benzene rings is 2. The number of hydrogen-bond donors (Lipinski definition) is 1. The molecule has 0 spiro atoms. The van der Waals surface area contributed by atoms with Crippen LogP contribution in [0.5, 0.6) is 11.5 Å². The van der Waals surface area contributed by atoms with E-state index in [9.17, 15) is 18.3 Å². The number of aromatic nitrogens is 1. The molecule has 1 atom stereocenters. The minimum atomic E-state index is -4.67. The average molecular weight is 483 g/mol. The normalized spacial score (nSPS) is 12.7. The lowest BCUT2D eigenvalue weighted by molar-refractivity contribution is -0.138. The van der Waals surface area contributed by atoms with E-state index in [4.69, 9.17) is 51.1 Å². The molecule has 0 radical (unpaired) electrons. The first kappa shape index (κ1) is 22.0. The van der Waals surface area contributed by atoms with E-state index in [0.717, 1.165) is 6.07 Å². The van der Waals surface area contributed by atoms with E-state index in [0.29, 0.717) is 16.2 Å². The zero-order chi connectivity index (χ0) is 21.3. The predicted molar refractivity (Wildman–Crippen MR) is 106 cm³/mol. The number of rotatable bonds is 4. The van der Waals surface area contributed by atoms with Gasteiger partial charge in [0, 0.05) is 26.8 Å². The third-order valence-electron chi connectivity index (χ3n) is 3.84. The zero-order valence-corrected chi connectivity index (χ0v) is 17.2. The minimum absolute atomic E-state index is 0.0350. The second-order valence-electron chi connectivity index (χ2n) is 5.85. The van der Waals surface area contributed by atoms with Crippen molar-refractivity contribution in [1.29, 1.82) is 0 Å². The Labute approximate surface area is 183 Å². The second kappa shape index (κ2) is 8.58. The highest BCUT2D eigenvalue weighted by atomic mass is 35.5. The molecular formula is C19H10Cl4F3NO2. The molecule has 0 saturated carbocycles. The molecule has 0 unspecified atom stereocenters. The molecule has 1 heterocycles. The highest BCUT2D eigenvalue weighted by Gasteiger charge is 2.33. The monoisotopic (exact) mass is 481 g/mol.